The molecule has 1 heterocycles. The molecule has 4 unspecified atom stereocenters. The second kappa shape index (κ2) is 7.66. The molecule has 2 bridgehead atoms. The first-order chi connectivity index (χ1) is 11.2. The first-order valence-corrected chi connectivity index (χ1v) is 8.84. The quantitative estimate of drug-likeness (QED) is 0.404. The van der Waals surface area contributed by atoms with Gasteiger partial charge in [-0.1, -0.05) is 24.8 Å². The molecule has 0 saturated carbocycles. The molecule has 1 aliphatic carbocycles. The number of esters is 1. The summed E-state index contributed by atoms with van der Waals surface area (Å²) in [5.74, 6) is -0.451. The highest BCUT2D eigenvalue weighted by molar-refractivity contribution is 5.89. The lowest BCUT2D eigenvalue weighted by Crippen LogP contribution is -2.47. The summed E-state index contributed by atoms with van der Waals surface area (Å²) in [5, 5.41) is 21.0. The summed E-state index contributed by atoms with van der Waals surface area (Å²) >= 11 is 0. The van der Waals surface area contributed by atoms with E-state index in [0.29, 0.717) is 37.7 Å². The fourth-order valence-electron chi connectivity index (χ4n) is 3.46. The number of allylic oxidation sites excluding steroid dienone is 2. The van der Waals surface area contributed by atoms with Crippen molar-refractivity contribution in [3.05, 3.63) is 36.0 Å². The normalized spacial score (nSPS) is 36.6. The number of carbonyl (C=O) groups excluding carboxylic acids is 1. The molecular weight excluding hydrogens is 304 g/mol. The standard InChI is InChI=1S/C20H30O4/c1-13-6-5-11-20(4,23)18-12-16(15(3)19(22)24-18)9-8-14(2)17(21)10-7-13/h6,16-18,21,23H,2-3,5,7-12H2,1,4H3. The first-order valence-electron chi connectivity index (χ1n) is 8.84. The largest absolute Gasteiger partial charge is 0.456 e. The molecule has 0 radical (unpaired) electrons. The zero-order valence-electron chi connectivity index (χ0n) is 14.9. The Hall–Kier alpha value is -1.39. The molecule has 24 heavy (non-hydrogen) atoms. The van der Waals surface area contributed by atoms with Crippen LogP contribution in [0.1, 0.15) is 58.8 Å². The van der Waals surface area contributed by atoms with Gasteiger partial charge in [0, 0.05) is 5.57 Å². The Morgan fingerprint density at radius 2 is 2.00 bits per heavy atom. The van der Waals surface area contributed by atoms with Crippen molar-refractivity contribution in [1.82, 2.24) is 0 Å². The second-order valence-electron chi connectivity index (χ2n) is 7.55. The van der Waals surface area contributed by atoms with E-state index < -0.39 is 23.8 Å². The lowest BCUT2D eigenvalue weighted by atomic mass is 9.79. The van der Waals surface area contributed by atoms with Gasteiger partial charge < -0.3 is 14.9 Å². The van der Waals surface area contributed by atoms with Crippen molar-refractivity contribution in [2.45, 2.75) is 76.6 Å². The lowest BCUT2D eigenvalue weighted by Gasteiger charge is -2.39. The third kappa shape index (κ3) is 4.58. The topological polar surface area (TPSA) is 66.8 Å². The number of aliphatic hydroxyl groups is 2. The molecule has 4 atom stereocenters. The van der Waals surface area contributed by atoms with Gasteiger partial charge in [0.05, 0.1) is 11.7 Å². The maximum Gasteiger partial charge on any atom is 0.334 e. The van der Waals surface area contributed by atoms with E-state index in [-0.39, 0.29) is 5.92 Å². The Bertz CT molecular complexity index is 544. The Labute approximate surface area is 144 Å². The number of hydrogen-bond acceptors (Lipinski definition) is 4. The van der Waals surface area contributed by atoms with E-state index >= 15 is 0 Å². The maximum atomic E-state index is 12.1. The number of rotatable bonds is 0. The molecule has 4 heteroatoms. The maximum absolute atomic E-state index is 12.1. The molecule has 2 rings (SSSR count). The Kier molecular flexibility index (Phi) is 6.05. The number of carbonyl (C=O) groups is 1. The van der Waals surface area contributed by atoms with Crippen LogP contribution >= 0.6 is 0 Å². The molecule has 134 valence electrons. The van der Waals surface area contributed by atoms with Gasteiger partial charge in [0.2, 0.25) is 0 Å². The van der Waals surface area contributed by atoms with Crippen LogP contribution in [0.4, 0.5) is 0 Å². The van der Waals surface area contributed by atoms with Gasteiger partial charge in [-0.3, -0.25) is 0 Å². The molecule has 1 saturated heterocycles. The van der Waals surface area contributed by atoms with E-state index in [0.717, 1.165) is 18.4 Å². The SMILES string of the molecule is C=C1CCC2CC(OC(=O)C2=C)C(C)(O)CCC=C(C)CCC1O. The third-order valence-electron chi connectivity index (χ3n) is 5.44. The van der Waals surface area contributed by atoms with Crippen LogP contribution in [0.2, 0.25) is 0 Å². The summed E-state index contributed by atoms with van der Waals surface area (Å²) < 4.78 is 5.44. The number of ether oxygens (including phenoxy) is 1. The molecule has 0 amide bonds. The highest BCUT2D eigenvalue weighted by Gasteiger charge is 2.41. The number of hydrogen-bond donors (Lipinski definition) is 2. The second-order valence-corrected chi connectivity index (χ2v) is 7.55. The molecule has 0 aromatic carbocycles. The van der Waals surface area contributed by atoms with Crippen molar-refractivity contribution in [2.24, 2.45) is 5.92 Å². The molecule has 0 aromatic heterocycles. The average molecular weight is 334 g/mol. The van der Waals surface area contributed by atoms with Crippen molar-refractivity contribution in [1.29, 1.82) is 0 Å². The smallest absolute Gasteiger partial charge is 0.334 e. The fraction of sp³-hybridized carbons (Fsp3) is 0.650. The van der Waals surface area contributed by atoms with Crippen LogP contribution in [-0.4, -0.2) is 34.0 Å². The molecule has 0 aromatic rings. The summed E-state index contributed by atoms with van der Waals surface area (Å²) in [6, 6.07) is 0. The summed E-state index contributed by atoms with van der Waals surface area (Å²) in [4.78, 5) is 12.1. The Balaban J connectivity index is 2.22. The predicted octanol–water partition coefficient (Wildman–Crippen LogP) is 3.44. The van der Waals surface area contributed by atoms with Crippen LogP contribution in [0.15, 0.2) is 36.0 Å². The van der Waals surface area contributed by atoms with E-state index in [1.807, 2.05) is 6.92 Å². The van der Waals surface area contributed by atoms with Gasteiger partial charge in [-0.2, -0.15) is 0 Å². The van der Waals surface area contributed by atoms with Crippen LogP contribution < -0.4 is 0 Å². The summed E-state index contributed by atoms with van der Waals surface area (Å²) in [6.45, 7) is 11.6. The van der Waals surface area contributed by atoms with Crippen molar-refractivity contribution in [2.75, 3.05) is 0 Å². The third-order valence-corrected chi connectivity index (χ3v) is 5.44. The first kappa shape index (κ1) is 18.9. The number of aliphatic hydroxyl groups excluding tert-OH is 1. The van der Waals surface area contributed by atoms with E-state index in [9.17, 15) is 15.0 Å². The van der Waals surface area contributed by atoms with Crippen LogP contribution in [0, 0.1) is 5.92 Å². The zero-order chi connectivity index (χ0) is 17.9. The molecule has 0 spiro atoms. The van der Waals surface area contributed by atoms with Gasteiger partial charge in [-0.25, -0.2) is 4.79 Å². The lowest BCUT2D eigenvalue weighted by molar-refractivity contribution is -0.168. The van der Waals surface area contributed by atoms with Crippen LogP contribution in [0.3, 0.4) is 0 Å². The Morgan fingerprint density at radius 3 is 2.71 bits per heavy atom. The fourth-order valence-corrected chi connectivity index (χ4v) is 3.46. The van der Waals surface area contributed by atoms with Gasteiger partial charge in [-0.05, 0) is 70.3 Å². The van der Waals surface area contributed by atoms with Gasteiger partial charge in [0.1, 0.15) is 6.10 Å². The zero-order valence-corrected chi connectivity index (χ0v) is 14.9. The summed E-state index contributed by atoms with van der Waals surface area (Å²) in [7, 11) is 0. The molecule has 2 aliphatic rings. The highest BCUT2D eigenvalue weighted by Crippen LogP contribution is 2.36. The average Bonchev–Trinajstić information content (AvgIpc) is 2.52. The minimum absolute atomic E-state index is 0.0353. The molecule has 1 aliphatic heterocycles. The van der Waals surface area contributed by atoms with Crippen molar-refractivity contribution >= 4 is 5.97 Å². The molecule has 4 nitrogen and oxygen atoms in total. The van der Waals surface area contributed by atoms with Crippen molar-refractivity contribution in [3.8, 4) is 0 Å². The van der Waals surface area contributed by atoms with Gasteiger partial charge >= 0.3 is 5.97 Å². The number of fused-ring (bicyclic) bond motifs is 2. The minimum atomic E-state index is -1.05. The molecule has 2 N–H and O–H groups in total. The van der Waals surface area contributed by atoms with Crippen molar-refractivity contribution in [3.63, 3.8) is 0 Å². The monoisotopic (exact) mass is 334 g/mol. The molecular formula is C20H30O4. The summed E-state index contributed by atoms with van der Waals surface area (Å²) in [5.41, 5.74) is 1.41. The van der Waals surface area contributed by atoms with Crippen LogP contribution in [0.5, 0.6) is 0 Å². The highest BCUT2D eigenvalue weighted by atomic mass is 16.6. The van der Waals surface area contributed by atoms with Crippen LogP contribution in [0.25, 0.3) is 0 Å². The van der Waals surface area contributed by atoms with Gasteiger partial charge in [0.15, 0.2) is 0 Å². The van der Waals surface area contributed by atoms with Crippen molar-refractivity contribution < 1.29 is 19.7 Å². The minimum Gasteiger partial charge on any atom is -0.456 e. The van der Waals surface area contributed by atoms with Crippen LogP contribution in [-0.2, 0) is 9.53 Å². The van der Waals surface area contributed by atoms with Gasteiger partial charge in [-0.15, -0.1) is 0 Å². The van der Waals surface area contributed by atoms with E-state index in [1.54, 1.807) is 6.92 Å². The van der Waals surface area contributed by atoms with E-state index in [1.165, 1.54) is 5.57 Å². The predicted molar refractivity (Wildman–Crippen MR) is 94.4 cm³/mol. The van der Waals surface area contributed by atoms with Gasteiger partial charge in [0.25, 0.3) is 0 Å². The Morgan fingerprint density at radius 1 is 1.29 bits per heavy atom. The van der Waals surface area contributed by atoms with E-state index in [4.69, 9.17) is 4.74 Å². The van der Waals surface area contributed by atoms with E-state index in [2.05, 4.69) is 19.2 Å². The summed E-state index contributed by atoms with van der Waals surface area (Å²) in [6.07, 6.45) is 5.72. The molecule has 1 fully saturated rings.